The van der Waals surface area contributed by atoms with Crippen LogP contribution in [-0.4, -0.2) is 54.4 Å². The van der Waals surface area contributed by atoms with Gasteiger partial charge in [0.25, 0.3) is 0 Å². The molecule has 0 bridgehead atoms. The highest BCUT2D eigenvalue weighted by molar-refractivity contribution is 5.76. The Bertz CT molecular complexity index is 320. The number of hydrogen-bond donors (Lipinski definition) is 2. The summed E-state index contributed by atoms with van der Waals surface area (Å²) in [4.78, 5) is 24.4. The van der Waals surface area contributed by atoms with Crippen LogP contribution in [0, 0.1) is 5.92 Å². The third-order valence-electron chi connectivity index (χ3n) is 3.36. The lowest BCUT2D eigenvalue weighted by atomic mass is 9.99. The van der Waals surface area contributed by atoms with Crippen LogP contribution in [0.3, 0.4) is 0 Å². The van der Waals surface area contributed by atoms with Crippen molar-refractivity contribution >= 4 is 12.0 Å². The van der Waals surface area contributed by atoms with E-state index in [9.17, 15) is 9.59 Å². The van der Waals surface area contributed by atoms with Crippen LogP contribution in [0.5, 0.6) is 0 Å². The van der Waals surface area contributed by atoms with E-state index in [1.54, 1.807) is 4.90 Å². The molecule has 1 aliphatic rings. The zero-order valence-electron chi connectivity index (χ0n) is 12.4. The first kappa shape index (κ1) is 16.8. The smallest absolute Gasteiger partial charge is 0.317 e. The molecule has 0 aromatic carbocycles. The summed E-state index contributed by atoms with van der Waals surface area (Å²) in [6, 6.07) is -0.152. The van der Waals surface area contributed by atoms with Crippen LogP contribution in [-0.2, 0) is 9.53 Å². The number of ether oxygens (including phenoxy) is 1. The lowest BCUT2D eigenvalue weighted by molar-refractivity contribution is -0.143. The minimum absolute atomic E-state index is 0.152. The molecule has 0 radical (unpaired) electrons. The zero-order chi connectivity index (χ0) is 15.0. The largest absolute Gasteiger partial charge is 0.481 e. The molecule has 1 aliphatic heterocycles. The van der Waals surface area contributed by atoms with Crippen molar-refractivity contribution in [3.05, 3.63) is 0 Å². The summed E-state index contributed by atoms with van der Waals surface area (Å²) < 4.78 is 5.42. The maximum atomic E-state index is 11.9. The van der Waals surface area contributed by atoms with Gasteiger partial charge in [-0.05, 0) is 39.5 Å². The molecule has 1 atom stereocenters. The molecule has 0 aromatic rings. The van der Waals surface area contributed by atoms with Crippen molar-refractivity contribution in [3.8, 4) is 0 Å². The van der Waals surface area contributed by atoms with Crippen LogP contribution >= 0.6 is 0 Å². The van der Waals surface area contributed by atoms with Gasteiger partial charge in [0.15, 0.2) is 0 Å². The molecule has 2 amide bonds. The lowest BCUT2D eigenvalue weighted by Crippen LogP contribution is -2.47. The number of aliphatic carboxylic acids is 1. The highest BCUT2D eigenvalue weighted by Crippen LogP contribution is 2.16. The van der Waals surface area contributed by atoms with Crippen LogP contribution in [0.1, 0.15) is 39.5 Å². The number of nitrogens with zero attached hydrogens (tertiary/aromatic N) is 1. The number of carbonyl (C=O) groups excluding carboxylic acids is 1. The Morgan fingerprint density at radius 1 is 1.40 bits per heavy atom. The summed E-state index contributed by atoms with van der Waals surface area (Å²) in [7, 11) is 0. The number of carboxylic acids is 1. The highest BCUT2D eigenvalue weighted by Gasteiger charge is 2.27. The quantitative estimate of drug-likeness (QED) is 0.698. The van der Waals surface area contributed by atoms with Crippen LogP contribution in [0.4, 0.5) is 4.79 Å². The Balaban J connectivity index is 2.14. The molecule has 6 nitrogen and oxygen atoms in total. The fourth-order valence-corrected chi connectivity index (χ4v) is 2.22. The average Bonchev–Trinajstić information content (AvgIpc) is 2.42. The van der Waals surface area contributed by atoms with Gasteiger partial charge >= 0.3 is 12.0 Å². The van der Waals surface area contributed by atoms with Crippen molar-refractivity contribution in [1.82, 2.24) is 10.2 Å². The van der Waals surface area contributed by atoms with Gasteiger partial charge < -0.3 is 20.1 Å². The Hall–Kier alpha value is -1.30. The first-order chi connectivity index (χ1) is 9.50. The van der Waals surface area contributed by atoms with Crippen molar-refractivity contribution in [3.63, 3.8) is 0 Å². The molecule has 6 heteroatoms. The van der Waals surface area contributed by atoms with Gasteiger partial charge in [0.2, 0.25) is 0 Å². The number of carbonyl (C=O) groups is 2. The molecule has 1 rings (SSSR count). The Morgan fingerprint density at radius 3 is 2.80 bits per heavy atom. The second-order valence-electron chi connectivity index (χ2n) is 5.48. The molecule has 1 unspecified atom stereocenters. The van der Waals surface area contributed by atoms with E-state index in [1.807, 2.05) is 13.8 Å². The molecule has 0 aromatic heterocycles. The lowest BCUT2D eigenvalue weighted by Gasteiger charge is -2.30. The van der Waals surface area contributed by atoms with Crippen molar-refractivity contribution < 1.29 is 19.4 Å². The SMILES string of the molecule is CC(C)OCCCCNC(=O)N1CCCC(C(=O)O)C1. The minimum atomic E-state index is -0.812. The van der Waals surface area contributed by atoms with Gasteiger partial charge in [-0.1, -0.05) is 0 Å². The number of urea groups is 1. The second-order valence-corrected chi connectivity index (χ2v) is 5.48. The van der Waals surface area contributed by atoms with E-state index in [0.29, 0.717) is 32.7 Å². The van der Waals surface area contributed by atoms with Crippen LogP contribution in [0.2, 0.25) is 0 Å². The van der Waals surface area contributed by atoms with E-state index in [4.69, 9.17) is 9.84 Å². The summed E-state index contributed by atoms with van der Waals surface area (Å²) >= 11 is 0. The Kier molecular flexibility index (Phi) is 7.36. The van der Waals surface area contributed by atoms with E-state index in [2.05, 4.69) is 5.32 Å². The zero-order valence-corrected chi connectivity index (χ0v) is 12.4. The molecular formula is C14H26N2O4. The van der Waals surface area contributed by atoms with Crippen molar-refractivity contribution in [2.24, 2.45) is 5.92 Å². The molecule has 0 aliphatic carbocycles. The molecule has 20 heavy (non-hydrogen) atoms. The van der Waals surface area contributed by atoms with Gasteiger partial charge in [0.05, 0.1) is 12.0 Å². The number of nitrogens with one attached hydrogen (secondary N) is 1. The third kappa shape index (κ3) is 6.23. The van der Waals surface area contributed by atoms with E-state index >= 15 is 0 Å². The molecule has 1 fully saturated rings. The summed E-state index contributed by atoms with van der Waals surface area (Å²) in [5.74, 6) is -1.23. The number of amides is 2. The highest BCUT2D eigenvalue weighted by atomic mass is 16.5. The van der Waals surface area contributed by atoms with Crippen molar-refractivity contribution in [1.29, 1.82) is 0 Å². The first-order valence-corrected chi connectivity index (χ1v) is 7.38. The number of hydrogen-bond acceptors (Lipinski definition) is 3. The molecular weight excluding hydrogens is 260 g/mol. The van der Waals surface area contributed by atoms with Crippen molar-refractivity contribution in [2.75, 3.05) is 26.2 Å². The maximum Gasteiger partial charge on any atom is 0.317 e. The summed E-state index contributed by atoms with van der Waals surface area (Å²) in [5, 5.41) is 11.8. The molecule has 0 saturated carbocycles. The first-order valence-electron chi connectivity index (χ1n) is 7.38. The standard InChI is InChI=1S/C14H26N2O4/c1-11(2)20-9-4-3-7-15-14(19)16-8-5-6-12(10-16)13(17)18/h11-12H,3-10H2,1-2H3,(H,15,19)(H,17,18). The average molecular weight is 286 g/mol. The molecule has 2 N–H and O–H groups in total. The second kappa shape index (κ2) is 8.79. The van der Waals surface area contributed by atoms with Gasteiger partial charge in [-0.25, -0.2) is 4.79 Å². The number of likely N-dealkylation sites (tertiary alicyclic amines) is 1. The normalized spacial score (nSPS) is 19.1. The fourth-order valence-electron chi connectivity index (χ4n) is 2.22. The Morgan fingerprint density at radius 2 is 2.15 bits per heavy atom. The fraction of sp³-hybridized carbons (Fsp3) is 0.857. The van der Waals surface area contributed by atoms with E-state index in [0.717, 1.165) is 19.3 Å². The predicted octanol–water partition coefficient (Wildman–Crippen LogP) is 1.70. The van der Waals surface area contributed by atoms with Gasteiger partial charge in [-0.2, -0.15) is 0 Å². The van der Waals surface area contributed by atoms with E-state index < -0.39 is 11.9 Å². The van der Waals surface area contributed by atoms with Crippen molar-refractivity contribution in [2.45, 2.75) is 45.6 Å². The number of unbranched alkanes of at least 4 members (excludes halogenated alkanes) is 1. The molecule has 1 heterocycles. The van der Waals surface area contributed by atoms with Gasteiger partial charge in [0, 0.05) is 26.2 Å². The van der Waals surface area contributed by atoms with Crippen LogP contribution < -0.4 is 5.32 Å². The summed E-state index contributed by atoms with van der Waals surface area (Å²) in [5.41, 5.74) is 0. The van der Waals surface area contributed by atoms with E-state index in [-0.39, 0.29) is 12.1 Å². The van der Waals surface area contributed by atoms with Gasteiger partial charge in [0.1, 0.15) is 0 Å². The Labute approximate surface area is 120 Å². The predicted molar refractivity (Wildman–Crippen MR) is 75.7 cm³/mol. The third-order valence-corrected chi connectivity index (χ3v) is 3.36. The molecule has 1 saturated heterocycles. The van der Waals surface area contributed by atoms with Crippen LogP contribution in [0.25, 0.3) is 0 Å². The molecule has 116 valence electrons. The van der Waals surface area contributed by atoms with E-state index in [1.165, 1.54) is 0 Å². The number of piperidine rings is 1. The molecule has 0 spiro atoms. The summed E-state index contributed by atoms with van der Waals surface area (Å²) in [6.07, 6.45) is 3.44. The van der Waals surface area contributed by atoms with Crippen LogP contribution in [0.15, 0.2) is 0 Å². The van der Waals surface area contributed by atoms with Gasteiger partial charge in [-0.3, -0.25) is 4.79 Å². The van der Waals surface area contributed by atoms with Gasteiger partial charge in [-0.15, -0.1) is 0 Å². The monoisotopic (exact) mass is 286 g/mol. The topological polar surface area (TPSA) is 78.9 Å². The summed E-state index contributed by atoms with van der Waals surface area (Å²) in [6.45, 7) is 6.27. The number of rotatable bonds is 7. The maximum absolute atomic E-state index is 11.9. The number of carboxylic acid groups (broad SMARTS) is 1. The minimum Gasteiger partial charge on any atom is -0.481 e.